The average molecular weight is 406 g/mol. The van der Waals surface area contributed by atoms with Crippen molar-refractivity contribution in [2.24, 2.45) is 0 Å². The minimum Gasteiger partial charge on any atom is -0.493 e. The lowest BCUT2D eigenvalue weighted by Gasteiger charge is -2.14. The summed E-state index contributed by atoms with van der Waals surface area (Å²) in [4.78, 5) is 13.3. The number of benzene rings is 2. The molecule has 2 rings (SSSR count). The number of rotatable bonds is 10. The summed E-state index contributed by atoms with van der Waals surface area (Å²) in [6.07, 6.45) is 0. The molecule has 0 saturated carbocycles. The number of aryl methyl sites for hydroxylation is 1. The summed E-state index contributed by atoms with van der Waals surface area (Å²) < 4.78 is 10.6. The van der Waals surface area contributed by atoms with Crippen LogP contribution in [0.25, 0.3) is 0 Å². The highest BCUT2D eigenvalue weighted by Crippen LogP contribution is 2.33. The second-order valence-electron chi connectivity index (χ2n) is 6.05. The fourth-order valence-electron chi connectivity index (χ4n) is 2.49. The van der Waals surface area contributed by atoms with Crippen LogP contribution in [0.5, 0.6) is 11.5 Å². The molecule has 1 unspecified atom stereocenters. The summed E-state index contributed by atoms with van der Waals surface area (Å²) >= 11 is 3.34. The van der Waals surface area contributed by atoms with Gasteiger partial charge in [-0.3, -0.25) is 4.79 Å². The van der Waals surface area contributed by atoms with Crippen LogP contribution in [0, 0.1) is 6.92 Å². The highest BCUT2D eigenvalue weighted by atomic mass is 32.2. The van der Waals surface area contributed by atoms with Gasteiger partial charge in [-0.1, -0.05) is 24.3 Å². The first kappa shape index (κ1) is 21.5. The molecule has 0 radical (unpaired) electrons. The maximum absolute atomic E-state index is 12.3. The van der Waals surface area contributed by atoms with E-state index in [1.807, 2.05) is 36.9 Å². The van der Waals surface area contributed by atoms with Crippen LogP contribution in [0.4, 0.5) is 0 Å². The second-order valence-corrected chi connectivity index (χ2v) is 8.57. The molecule has 2 aromatic carbocycles. The first-order valence-corrected chi connectivity index (χ1v) is 10.9. The standard InChI is InChI=1S/C21H27NO3S2/c1-15-7-5-6-8-17(15)14-26-12-11-22-21(23)16(2)27-18-9-10-19(24-3)20(13-18)25-4/h5-10,13,16H,11-12,14H2,1-4H3,(H,22,23). The fourth-order valence-corrected chi connectivity index (χ4v) is 4.35. The van der Waals surface area contributed by atoms with E-state index in [0.29, 0.717) is 18.0 Å². The molecule has 146 valence electrons. The van der Waals surface area contributed by atoms with Crippen LogP contribution in [-0.4, -0.2) is 37.7 Å². The van der Waals surface area contributed by atoms with Gasteiger partial charge in [-0.2, -0.15) is 11.8 Å². The van der Waals surface area contributed by atoms with Crippen LogP contribution < -0.4 is 14.8 Å². The Kier molecular flexibility index (Phi) is 8.88. The highest BCUT2D eigenvalue weighted by Gasteiger charge is 2.15. The predicted molar refractivity (Wildman–Crippen MR) is 115 cm³/mol. The van der Waals surface area contributed by atoms with Crippen molar-refractivity contribution in [3.8, 4) is 11.5 Å². The van der Waals surface area contributed by atoms with Gasteiger partial charge in [0.2, 0.25) is 5.91 Å². The van der Waals surface area contributed by atoms with E-state index in [-0.39, 0.29) is 11.2 Å². The summed E-state index contributed by atoms with van der Waals surface area (Å²) in [5, 5.41) is 2.84. The summed E-state index contributed by atoms with van der Waals surface area (Å²) in [5.74, 6) is 3.27. The number of methoxy groups -OCH3 is 2. The number of thioether (sulfide) groups is 2. The van der Waals surface area contributed by atoms with Gasteiger partial charge in [0.1, 0.15) is 0 Å². The van der Waals surface area contributed by atoms with Crippen molar-refractivity contribution in [1.29, 1.82) is 0 Å². The molecular weight excluding hydrogens is 378 g/mol. The topological polar surface area (TPSA) is 47.6 Å². The Labute approximate surface area is 170 Å². The third-order valence-electron chi connectivity index (χ3n) is 4.10. The monoisotopic (exact) mass is 405 g/mol. The van der Waals surface area contributed by atoms with Crippen LogP contribution in [0.1, 0.15) is 18.1 Å². The lowest BCUT2D eigenvalue weighted by atomic mass is 10.1. The van der Waals surface area contributed by atoms with E-state index in [0.717, 1.165) is 16.4 Å². The van der Waals surface area contributed by atoms with E-state index < -0.39 is 0 Å². The minimum atomic E-state index is -0.176. The zero-order valence-electron chi connectivity index (χ0n) is 16.3. The predicted octanol–water partition coefficient (Wildman–Crippen LogP) is 4.54. The Morgan fingerprint density at radius 3 is 2.56 bits per heavy atom. The Morgan fingerprint density at radius 1 is 1.11 bits per heavy atom. The van der Waals surface area contributed by atoms with Crippen LogP contribution in [-0.2, 0) is 10.5 Å². The molecule has 4 nitrogen and oxygen atoms in total. The minimum absolute atomic E-state index is 0.0475. The molecule has 0 spiro atoms. The van der Waals surface area contributed by atoms with Crippen molar-refractivity contribution >= 4 is 29.4 Å². The van der Waals surface area contributed by atoms with Gasteiger partial charge in [-0.05, 0) is 43.2 Å². The number of nitrogens with one attached hydrogen (secondary N) is 1. The number of hydrogen-bond acceptors (Lipinski definition) is 5. The lowest BCUT2D eigenvalue weighted by molar-refractivity contribution is -0.120. The zero-order chi connectivity index (χ0) is 19.6. The van der Waals surface area contributed by atoms with E-state index in [1.165, 1.54) is 22.9 Å². The molecule has 2 aromatic rings. The second kappa shape index (κ2) is 11.1. The number of amides is 1. The van der Waals surface area contributed by atoms with E-state index in [1.54, 1.807) is 14.2 Å². The third kappa shape index (κ3) is 6.70. The van der Waals surface area contributed by atoms with Crippen LogP contribution in [0.15, 0.2) is 47.4 Å². The van der Waals surface area contributed by atoms with Crippen molar-refractivity contribution < 1.29 is 14.3 Å². The molecule has 0 aromatic heterocycles. The first-order valence-electron chi connectivity index (χ1n) is 8.83. The van der Waals surface area contributed by atoms with Gasteiger partial charge < -0.3 is 14.8 Å². The van der Waals surface area contributed by atoms with Gasteiger partial charge in [-0.25, -0.2) is 0 Å². The molecule has 1 N–H and O–H groups in total. The highest BCUT2D eigenvalue weighted by molar-refractivity contribution is 8.00. The molecule has 0 aliphatic carbocycles. The molecule has 0 aliphatic rings. The zero-order valence-corrected chi connectivity index (χ0v) is 17.9. The van der Waals surface area contributed by atoms with Crippen molar-refractivity contribution in [1.82, 2.24) is 5.32 Å². The maximum Gasteiger partial charge on any atom is 0.233 e. The van der Waals surface area contributed by atoms with Gasteiger partial charge in [0.25, 0.3) is 0 Å². The third-order valence-corrected chi connectivity index (χ3v) is 6.20. The van der Waals surface area contributed by atoms with Crippen LogP contribution >= 0.6 is 23.5 Å². The average Bonchev–Trinajstić information content (AvgIpc) is 2.68. The van der Waals surface area contributed by atoms with Gasteiger partial charge in [0.05, 0.1) is 19.5 Å². The summed E-state index contributed by atoms with van der Waals surface area (Å²) in [5.41, 5.74) is 2.67. The summed E-state index contributed by atoms with van der Waals surface area (Å²) in [6, 6.07) is 14.1. The molecule has 27 heavy (non-hydrogen) atoms. The molecule has 0 fully saturated rings. The van der Waals surface area contributed by atoms with Crippen molar-refractivity contribution in [3.63, 3.8) is 0 Å². The van der Waals surface area contributed by atoms with Crippen LogP contribution in [0.3, 0.4) is 0 Å². The molecule has 6 heteroatoms. The van der Waals surface area contributed by atoms with Gasteiger partial charge in [0, 0.05) is 22.9 Å². The van der Waals surface area contributed by atoms with E-state index in [9.17, 15) is 4.79 Å². The van der Waals surface area contributed by atoms with Gasteiger partial charge in [-0.15, -0.1) is 11.8 Å². The largest absolute Gasteiger partial charge is 0.493 e. The SMILES string of the molecule is COc1ccc(SC(C)C(=O)NCCSCc2ccccc2C)cc1OC. The fraction of sp³-hybridized carbons (Fsp3) is 0.381. The molecule has 1 amide bonds. The molecule has 0 bridgehead atoms. The molecule has 0 saturated heterocycles. The van der Waals surface area contributed by atoms with Crippen molar-refractivity contribution in [2.45, 2.75) is 29.7 Å². The normalized spacial score (nSPS) is 11.7. The Balaban J connectivity index is 1.73. The number of carbonyl (C=O) groups excluding carboxylic acids is 1. The Morgan fingerprint density at radius 2 is 1.85 bits per heavy atom. The van der Waals surface area contributed by atoms with Gasteiger partial charge in [0.15, 0.2) is 11.5 Å². The van der Waals surface area contributed by atoms with Crippen LogP contribution in [0.2, 0.25) is 0 Å². The molecular formula is C21H27NO3S2. The van der Waals surface area contributed by atoms with E-state index >= 15 is 0 Å². The summed E-state index contributed by atoms with van der Waals surface area (Å²) in [6.45, 7) is 4.72. The Bertz CT molecular complexity index is 752. The molecule has 0 heterocycles. The van der Waals surface area contributed by atoms with E-state index in [4.69, 9.17) is 9.47 Å². The maximum atomic E-state index is 12.3. The number of hydrogen-bond donors (Lipinski definition) is 1. The quantitative estimate of drug-likeness (QED) is 0.464. The van der Waals surface area contributed by atoms with Crippen molar-refractivity contribution in [3.05, 3.63) is 53.6 Å². The van der Waals surface area contributed by atoms with Crippen molar-refractivity contribution in [2.75, 3.05) is 26.5 Å². The summed E-state index contributed by atoms with van der Waals surface area (Å²) in [7, 11) is 3.22. The van der Waals surface area contributed by atoms with E-state index in [2.05, 4.69) is 36.5 Å². The molecule has 1 atom stereocenters. The lowest BCUT2D eigenvalue weighted by Crippen LogP contribution is -2.32. The number of ether oxygens (including phenoxy) is 2. The smallest absolute Gasteiger partial charge is 0.233 e. The molecule has 0 aliphatic heterocycles. The first-order chi connectivity index (χ1) is 13.0. The van der Waals surface area contributed by atoms with Gasteiger partial charge >= 0.3 is 0 Å². The Hall–Kier alpha value is -1.79. The number of carbonyl (C=O) groups is 1.